The second-order valence-electron chi connectivity index (χ2n) is 18.3. The van der Waals surface area contributed by atoms with E-state index in [1.165, 1.54) is 25.7 Å². The molecule has 17 unspecified atom stereocenters. The number of carbonyl (C=O) groups excluding carboxylic acids is 1. The van der Waals surface area contributed by atoms with E-state index in [-0.39, 0.29) is 18.9 Å². The van der Waals surface area contributed by atoms with E-state index in [0.717, 1.165) is 83.5 Å². The number of unbranched alkanes of at least 4 members (excludes halogenated alkanes) is 14. The summed E-state index contributed by atoms with van der Waals surface area (Å²) in [6.07, 6.45) is 5.02. The lowest BCUT2D eigenvalue weighted by atomic mass is 9.96. The topological polar surface area (TPSA) is 307 Å². The minimum absolute atomic E-state index is 0.232. The van der Waals surface area contributed by atoms with Crippen molar-refractivity contribution < 1.29 is 89.4 Å². The van der Waals surface area contributed by atoms with Crippen molar-refractivity contribution in [1.29, 1.82) is 0 Å². The van der Waals surface area contributed by atoms with Gasteiger partial charge in [0.05, 0.1) is 38.6 Å². The molecule has 3 aliphatic heterocycles. The molecule has 19 nitrogen and oxygen atoms in total. The first-order valence-corrected chi connectivity index (χ1v) is 25.2. The molecule has 19 heteroatoms. The SMILES string of the molecule is CCCCC/C=C/C(O)C(COC1OC(CO)C(OC2OC(CO)C(OC3OC(CO)C(O)C(O)C3O)C(O)C2O)C(O)C1O)NC(=O)CCCCCCCCC/C=C\C/C=C\CCCCCC. The number of amides is 1. The lowest BCUT2D eigenvalue weighted by molar-refractivity contribution is -0.379. The Hall–Kier alpha value is -1.99. The Balaban J connectivity index is 1.49. The molecule has 0 aromatic rings. The molecule has 12 N–H and O–H groups in total. The number of aliphatic hydroxyl groups is 11. The van der Waals surface area contributed by atoms with Gasteiger partial charge in [0.15, 0.2) is 18.9 Å². The molecular weight excluding hydrogens is 891 g/mol. The zero-order valence-corrected chi connectivity index (χ0v) is 40.3. The van der Waals surface area contributed by atoms with Gasteiger partial charge < -0.3 is 89.9 Å². The number of ether oxygens (including phenoxy) is 6. The number of hydrogen-bond acceptors (Lipinski definition) is 18. The molecule has 1 amide bonds. The van der Waals surface area contributed by atoms with Crippen molar-refractivity contribution >= 4 is 5.91 Å². The summed E-state index contributed by atoms with van der Waals surface area (Å²) in [4.78, 5) is 13.1. The first-order chi connectivity index (χ1) is 32.8. The maximum atomic E-state index is 13.1. The molecule has 3 fully saturated rings. The van der Waals surface area contributed by atoms with Crippen LogP contribution < -0.4 is 5.32 Å². The quantitative estimate of drug-likeness (QED) is 0.0321. The molecule has 3 heterocycles. The minimum atomic E-state index is -1.98. The predicted octanol–water partition coefficient (Wildman–Crippen LogP) is 1.42. The van der Waals surface area contributed by atoms with E-state index in [1.54, 1.807) is 6.08 Å². The Morgan fingerprint density at radius 1 is 0.529 bits per heavy atom. The van der Waals surface area contributed by atoms with Gasteiger partial charge in [-0.15, -0.1) is 0 Å². The number of aliphatic hydroxyl groups excluding tert-OH is 11. The van der Waals surface area contributed by atoms with Gasteiger partial charge in [-0.25, -0.2) is 0 Å². The summed E-state index contributed by atoms with van der Waals surface area (Å²) < 4.78 is 33.9. The molecule has 0 radical (unpaired) electrons. The Kier molecular flexibility index (Phi) is 30.5. The summed E-state index contributed by atoms with van der Waals surface area (Å²) in [7, 11) is 0. The number of allylic oxidation sites excluding steroid dienone is 5. The fraction of sp³-hybridized carbons (Fsp3) is 0.857. The first kappa shape index (κ1) is 60.3. The summed E-state index contributed by atoms with van der Waals surface area (Å²) in [6, 6.07) is -0.971. The smallest absolute Gasteiger partial charge is 0.220 e. The van der Waals surface area contributed by atoms with Crippen LogP contribution >= 0.6 is 0 Å². The molecule has 396 valence electrons. The van der Waals surface area contributed by atoms with Crippen LogP contribution in [0, 0.1) is 0 Å². The van der Waals surface area contributed by atoms with Crippen molar-refractivity contribution in [1.82, 2.24) is 5.32 Å². The average molecular weight is 978 g/mol. The standard InChI is InChI=1S/C49H87NO18/c1-3-5-7-9-10-11-12-13-14-15-16-17-18-19-20-21-23-25-27-37(55)50-32(33(54)26-24-22-8-6-4-2)31-63-47-43(61)40(58)45(35(29-52)65-47)68-49-44(62)41(59)46(36(30-53)66-49)67-48-42(60)39(57)38(56)34(28-51)64-48/h11-12,14-15,24,26,32-36,38-49,51-54,56-62H,3-10,13,16-23,25,27-31H2,1-2H3,(H,50,55)/b12-11-,15-14-,26-24+. The van der Waals surface area contributed by atoms with E-state index in [9.17, 15) is 61.0 Å². The maximum absolute atomic E-state index is 13.1. The third kappa shape index (κ3) is 20.3. The van der Waals surface area contributed by atoms with E-state index >= 15 is 0 Å². The van der Waals surface area contributed by atoms with E-state index in [2.05, 4.69) is 43.5 Å². The third-order valence-corrected chi connectivity index (χ3v) is 12.7. The van der Waals surface area contributed by atoms with Gasteiger partial charge in [-0.2, -0.15) is 0 Å². The molecule has 0 aromatic carbocycles. The average Bonchev–Trinajstić information content (AvgIpc) is 3.33. The van der Waals surface area contributed by atoms with Crippen LogP contribution in [0.2, 0.25) is 0 Å². The van der Waals surface area contributed by atoms with Crippen LogP contribution in [-0.4, -0.2) is 193 Å². The summed E-state index contributed by atoms with van der Waals surface area (Å²) in [5.74, 6) is -0.294. The number of hydrogen-bond donors (Lipinski definition) is 12. The number of rotatable bonds is 34. The van der Waals surface area contributed by atoms with E-state index in [1.807, 2.05) is 6.08 Å². The monoisotopic (exact) mass is 978 g/mol. The Bertz CT molecular complexity index is 1400. The van der Waals surface area contributed by atoms with Gasteiger partial charge in [-0.3, -0.25) is 4.79 Å². The van der Waals surface area contributed by atoms with Crippen molar-refractivity contribution in [3.8, 4) is 0 Å². The highest BCUT2D eigenvalue weighted by molar-refractivity contribution is 5.76. The molecule has 68 heavy (non-hydrogen) atoms. The Labute approximate surface area is 402 Å². The van der Waals surface area contributed by atoms with Gasteiger partial charge in [-0.1, -0.05) is 115 Å². The highest BCUT2D eigenvalue weighted by Crippen LogP contribution is 2.33. The Morgan fingerprint density at radius 2 is 0.971 bits per heavy atom. The van der Waals surface area contributed by atoms with Gasteiger partial charge >= 0.3 is 0 Å². The van der Waals surface area contributed by atoms with Crippen molar-refractivity contribution in [2.75, 3.05) is 26.4 Å². The van der Waals surface area contributed by atoms with Crippen LogP contribution in [0.1, 0.15) is 136 Å². The van der Waals surface area contributed by atoms with E-state index < -0.39 is 124 Å². The summed E-state index contributed by atoms with van der Waals surface area (Å²) >= 11 is 0. The van der Waals surface area contributed by atoms with Gasteiger partial charge in [0.2, 0.25) is 5.91 Å². The summed E-state index contributed by atoms with van der Waals surface area (Å²) in [5, 5.41) is 119. The fourth-order valence-corrected chi connectivity index (χ4v) is 8.39. The van der Waals surface area contributed by atoms with Crippen LogP contribution in [0.4, 0.5) is 0 Å². The molecule has 17 atom stereocenters. The Morgan fingerprint density at radius 3 is 1.53 bits per heavy atom. The number of carbonyl (C=O) groups is 1. The molecule has 0 spiro atoms. The lowest BCUT2D eigenvalue weighted by Crippen LogP contribution is -2.66. The highest BCUT2D eigenvalue weighted by Gasteiger charge is 2.53. The van der Waals surface area contributed by atoms with Crippen molar-refractivity contribution in [2.45, 2.75) is 240 Å². The van der Waals surface area contributed by atoms with Gasteiger partial charge in [-0.05, 0) is 51.4 Å². The van der Waals surface area contributed by atoms with Crippen molar-refractivity contribution in [3.63, 3.8) is 0 Å². The van der Waals surface area contributed by atoms with Crippen molar-refractivity contribution in [2.24, 2.45) is 0 Å². The van der Waals surface area contributed by atoms with E-state index in [4.69, 9.17) is 28.4 Å². The van der Waals surface area contributed by atoms with Crippen LogP contribution in [-0.2, 0) is 33.2 Å². The minimum Gasteiger partial charge on any atom is -0.394 e. The second-order valence-corrected chi connectivity index (χ2v) is 18.3. The van der Waals surface area contributed by atoms with Crippen molar-refractivity contribution in [3.05, 3.63) is 36.5 Å². The van der Waals surface area contributed by atoms with E-state index in [0.29, 0.717) is 6.42 Å². The van der Waals surface area contributed by atoms with Gasteiger partial charge in [0, 0.05) is 6.42 Å². The molecule has 0 bridgehead atoms. The van der Waals surface area contributed by atoms with Gasteiger partial charge in [0.1, 0.15) is 73.2 Å². The predicted molar refractivity (Wildman–Crippen MR) is 249 cm³/mol. The molecule has 0 aliphatic carbocycles. The fourth-order valence-electron chi connectivity index (χ4n) is 8.39. The highest BCUT2D eigenvalue weighted by atomic mass is 16.8. The van der Waals surface area contributed by atoms with Crippen LogP contribution in [0.25, 0.3) is 0 Å². The molecule has 0 aromatic heterocycles. The van der Waals surface area contributed by atoms with Gasteiger partial charge in [0.25, 0.3) is 0 Å². The maximum Gasteiger partial charge on any atom is 0.220 e. The summed E-state index contributed by atoms with van der Waals surface area (Å²) in [5.41, 5.74) is 0. The van der Waals surface area contributed by atoms with Crippen LogP contribution in [0.15, 0.2) is 36.5 Å². The van der Waals surface area contributed by atoms with Crippen LogP contribution in [0.3, 0.4) is 0 Å². The third-order valence-electron chi connectivity index (χ3n) is 12.7. The van der Waals surface area contributed by atoms with Crippen LogP contribution in [0.5, 0.6) is 0 Å². The zero-order chi connectivity index (χ0) is 49.8. The molecule has 3 aliphatic rings. The lowest BCUT2D eigenvalue weighted by Gasteiger charge is -2.48. The normalized spacial score (nSPS) is 33.5. The largest absolute Gasteiger partial charge is 0.394 e. The molecular formula is C49H87NO18. The first-order valence-electron chi connectivity index (χ1n) is 25.2. The number of nitrogens with one attached hydrogen (secondary N) is 1. The molecule has 3 rings (SSSR count). The molecule has 3 saturated heterocycles. The summed E-state index contributed by atoms with van der Waals surface area (Å²) in [6.45, 7) is 1.53. The second kappa shape index (κ2) is 34.4. The molecule has 0 saturated carbocycles. The zero-order valence-electron chi connectivity index (χ0n) is 40.3.